The van der Waals surface area contributed by atoms with Crippen LogP contribution in [0.5, 0.6) is 5.75 Å². The van der Waals surface area contributed by atoms with Gasteiger partial charge < -0.3 is 15.0 Å². The van der Waals surface area contributed by atoms with Gasteiger partial charge in [-0.1, -0.05) is 12.1 Å². The van der Waals surface area contributed by atoms with Crippen LogP contribution in [0.3, 0.4) is 0 Å². The molecule has 2 rings (SSSR count). The molecule has 106 valence electrons. The van der Waals surface area contributed by atoms with Crippen molar-refractivity contribution in [2.24, 2.45) is 0 Å². The minimum absolute atomic E-state index is 0.170. The zero-order chi connectivity index (χ0) is 14.5. The van der Waals surface area contributed by atoms with Gasteiger partial charge in [0.1, 0.15) is 5.75 Å². The van der Waals surface area contributed by atoms with Gasteiger partial charge in [0.05, 0.1) is 16.6 Å². The Balaban J connectivity index is 2.00. The number of ether oxygens (including phenoxy) is 1. The predicted molar refractivity (Wildman–Crippen MR) is 85.5 cm³/mol. The van der Waals surface area contributed by atoms with Crippen LogP contribution in [0.2, 0.25) is 0 Å². The van der Waals surface area contributed by atoms with E-state index >= 15 is 0 Å². The molecule has 0 saturated heterocycles. The molecule has 0 aliphatic heterocycles. The fourth-order valence-corrected chi connectivity index (χ4v) is 2.93. The van der Waals surface area contributed by atoms with Gasteiger partial charge in [0.25, 0.3) is 0 Å². The van der Waals surface area contributed by atoms with Gasteiger partial charge in [-0.3, -0.25) is 0 Å². The molecule has 0 aliphatic carbocycles. The summed E-state index contributed by atoms with van der Waals surface area (Å²) in [4.78, 5) is 13.8. The van der Waals surface area contributed by atoms with E-state index in [1.807, 2.05) is 35.7 Å². The SMILES string of the molecule is COc1ccccc1NC(=O)N(C)Cc1csc(Br)c1. The van der Waals surface area contributed by atoms with E-state index in [-0.39, 0.29) is 6.03 Å². The zero-order valence-electron chi connectivity index (χ0n) is 11.2. The van der Waals surface area contributed by atoms with Gasteiger partial charge in [0.2, 0.25) is 0 Å². The summed E-state index contributed by atoms with van der Waals surface area (Å²) < 4.78 is 6.27. The highest BCUT2D eigenvalue weighted by molar-refractivity contribution is 9.11. The third kappa shape index (κ3) is 3.74. The second kappa shape index (κ2) is 6.76. The first kappa shape index (κ1) is 14.9. The maximum Gasteiger partial charge on any atom is 0.321 e. The van der Waals surface area contributed by atoms with Crippen LogP contribution in [0.4, 0.5) is 10.5 Å². The van der Waals surface area contributed by atoms with Crippen LogP contribution in [-0.2, 0) is 6.54 Å². The number of hydrogen-bond acceptors (Lipinski definition) is 3. The summed E-state index contributed by atoms with van der Waals surface area (Å²) in [7, 11) is 3.34. The van der Waals surface area contributed by atoms with Crippen molar-refractivity contribution in [3.05, 3.63) is 45.1 Å². The summed E-state index contributed by atoms with van der Waals surface area (Å²) in [6, 6.07) is 9.18. The summed E-state index contributed by atoms with van der Waals surface area (Å²) >= 11 is 5.02. The lowest BCUT2D eigenvalue weighted by atomic mass is 10.3. The fraction of sp³-hybridized carbons (Fsp3) is 0.214. The molecular formula is C14H15BrN2O2S. The van der Waals surface area contributed by atoms with Gasteiger partial charge in [-0.2, -0.15) is 0 Å². The van der Waals surface area contributed by atoms with E-state index in [1.165, 1.54) is 0 Å². The van der Waals surface area contributed by atoms with E-state index in [2.05, 4.69) is 21.2 Å². The number of urea groups is 1. The molecule has 1 N–H and O–H groups in total. The minimum atomic E-state index is -0.170. The average Bonchev–Trinajstić information content (AvgIpc) is 2.84. The Bertz CT molecular complexity index is 600. The highest BCUT2D eigenvalue weighted by atomic mass is 79.9. The van der Waals surface area contributed by atoms with Crippen molar-refractivity contribution in [3.63, 3.8) is 0 Å². The van der Waals surface area contributed by atoms with Gasteiger partial charge in [-0.15, -0.1) is 11.3 Å². The lowest BCUT2D eigenvalue weighted by Gasteiger charge is -2.18. The number of halogens is 1. The summed E-state index contributed by atoms with van der Waals surface area (Å²) in [5.41, 5.74) is 1.76. The van der Waals surface area contributed by atoms with Crippen LogP contribution < -0.4 is 10.1 Å². The smallest absolute Gasteiger partial charge is 0.321 e. The maximum absolute atomic E-state index is 12.1. The first-order valence-electron chi connectivity index (χ1n) is 5.98. The Hall–Kier alpha value is -1.53. The average molecular weight is 355 g/mol. The van der Waals surface area contributed by atoms with Gasteiger partial charge in [0, 0.05) is 13.6 Å². The van der Waals surface area contributed by atoms with Crippen molar-refractivity contribution < 1.29 is 9.53 Å². The largest absolute Gasteiger partial charge is 0.495 e. The number of anilines is 1. The Morgan fingerprint density at radius 1 is 1.45 bits per heavy atom. The number of carbonyl (C=O) groups excluding carboxylic acids is 1. The molecule has 1 heterocycles. The molecule has 4 nitrogen and oxygen atoms in total. The Labute approximate surface area is 130 Å². The third-order valence-electron chi connectivity index (χ3n) is 2.74. The Kier molecular flexibility index (Phi) is 5.03. The number of nitrogens with one attached hydrogen (secondary N) is 1. The number of amides is 2. The van der Waals surface area contributed by atoms with Gasteiger partial charge >= 0.3 is 6.03 Å². The number of thiophene rings is 1. The molecule has 0 aliphatic rings. The summed E-state index contributed by atoms with van der Waals surface area (Å²) in [6.07, 6.45) is 0. The molecule has 0 fully saturated rings. The maximum atomic E-state index is 12.1. The molecule has 0 radical (unpaired) electrons. The third-order valence-corrected chi connectivity index (χ3v) is 4.29. The highest BCUT2D eigenvalue weighted by Gasteiger charge is 2.12. The number of hydrogen-bond donors (Lipinski definition) is 1. The molecule has 0 bridgehead atoms. The van der Waals surface area contributed by atoms with Crippen molar-refractivity contribution in [1.82, 2.24) is 4.90 Å². The second-order valence-electron chi connectivity index (χ2n) is 4.25. The summed E-state index contributed by atoms with van der Waals surface area (Å²) in [5, 5.41) is 4.87. The van der Waals surface area contributed by atoms with Gasteiger partial charge in [-0.25, -0.2) is 4.79 Å². The van der Waals surface area contributed by atoms with E-state index in [4.69, 9.17) is 4.74 Å². The number of nitrogens with zero attached hydrogens (tertiary/aromatic N) is 1. The van der Waals surface area contributed by atoms with E-state index in [9.17, 15) is 4.79 Å². The van der Waals surface area contributed by atoms with E-state index in [1.54, 1.807) is 30.4 Å². The van der Waals surface area contributed by atoms with Crippen LogP contribution in [0, 0.1) is 0 Å². The first-order valence-corrected chi connectivity index (χ1v) is 7.65. The number of para-hydroxylation sites is 2. The molecule has 20 heavy (non-hydrogen) atoms. The zero-order valence-corrected chi connectivity index (χ0v) is 13.6. The van der Waals surface area contributed by atoms with Crippen molar-refractivity contribution in [2.75, 3.05) is 19.5 Å². The summed E-state index contributed by atoms with van der Waals surface area (Å²) in [6.45, 7) is 0.559. The van der Waals surface area contributed by atoms with E-state index in [0.717, 1.165) is 9.35 Å². The molecule has 0 spiro atoms. The lowest BCUT2D eigenvalue weighted by Crippen LogP contribution is -2.30. The molecule has 2 amide bonds. The Morgan fingerprint density at radius 2 is 2.20 bits per heavy atom. The molecular weight excluding hydrogens is 340 g/mol. The van der Waals surface area contributed by atoms with Crippen LogP contribution >= 0.6 is 27.3 Å². The Morgan fingerprint density at radius 3 is 2.85 bits per heavy atom. The number of carbonyl (C=O) groups is 1. The number of rotatable bonds is 4. The van der Waals surface area contributed by atoms with Crippen LogP contribution in [0.15, 0.2) is 39.5 Å². The normalized spacial score (nSPS) is 10.2. The van der Waals surface area contributed by atoms with Crippen LogP contribution in [-0.4, -0.2) is 25.1 Å². The molecule has 1 aromatic heterocycles. The van der Waals surface area contributed by atoms with Crippen molar-refractivity contribution in [3.8, 4) is 5.75 Å². The first-order chi connectivity index (χ1) is 9.60. The molecule has 6 heteroatoms. The second-order valence-corrected chi connectivity index (χ2v) is 6.54. The predicted octanol–water partition coefficient (Wildman–Crippen LogP) is 4.18. The van der Waals surface area contributed by atoms with E-state index in [0.29, 0.717) is 18.0 Å². The van der Waals surface area contributed by atoms with Crippen molar-refractivity contribution in [1.29, 1.82) is 0 Å². The summed E-state index contributed by atoms with van der Waals surface area (Å²) in [5.74, 6) is 0.646. The minimum Gasteiger partial charge on any atom is -0.495 e. The molecule has 2 aromatic rings. The van der Waals surface area contributed by atoms with Crippen LogP contribution in [0.25, 0.3) is 0 Å². The van der Waals surface area contributed by atoms with Crippen molar-refractivity contribution >= 4 is 39.0 Å². The van der Waals surface area contributed by atoms with Crippen LogP contribution in [0.1, 0.15) is 5.56 Å². The number of methoxy groups -OCH3 is 1. The fourth-order valence-electron chi connectivity index (χ4n) is 1.73. The van der Waals surface area contributed by atoms with Gasteiger partial charge in [0.15, 0.2) is 0 Å². The van der Waals surface area contributed by atoms with Crippen molar-refractivity contribution in [2.45, 2.75) is 6.54 Å². The highest BCUT2D eigenvalue weighted by Crippen LogP contribution is 2.24. The van der Waals surface area contributed by atoms with Gasteiger partial charge in [-0.05, 0) is 45.1 Å². The molecule has 0 unspecified atom stereocenters. The monoisotopic (exact) mass is 354 g/mol. The lowest BCUT2D eigenvalue weighted by molar-refractivity contribution is 0.220. The van der Waals surface area contributed by atoms with E-state index < -0.39 is 0 Å². The standard InChI is InChI=1S/C14H15BrN2O2S/c1-17(8-10-7-13(15)20-9-10)14(18)16-11-5-3-4-6-12(11)19-2/h3-7,9H,8H2,1-2H3,(H,16,18). The number of benzene rings is 1. The molecule has 0 saturated carbocycles. The topological polar surface area (TPSA) is 41.6 Å². The molecule has 1 aromatic carbocycles. The molecule has 0 atom stereocenters. The quantitative estimate of drug-likeness (QED) is 0.894.